The first-order valence-corrected chi connectivity index (χ1v) is 5.62. The van der Waals surface area contributed by atoms with E-state index in [1.165, 1.54) is 10.6 Å². The molecule has 0 bridgehead atoms. The molecule has 15 heavy (non-hydrogen) atoms. The SMILES string of the molecule is O=c1ccc(Cl)cn1-c1ccc(I)nc1. The fourth-order valence-electron chi connectivity index (χ4n) is 1.17. The van der Waals surface area contributed by atoms with Gasteiger partial charge in [-0.3, -0.25) is 9.36 Å². The molecule has 0 amide bonds. The van der Waals surface area contributed by atoms with Crippen molar-refractivity contribution in [3.8, 4) is 5.69 Å². The minimum Gasteiger partial charge on any atom is -0.281 e. The van der Waals surface area contributed by atoms with Gasteiger partial charge < -0.3 is 0 Å². The summed E-state index contributed by atoms with van der Waals surface area (Å²) < 4.78 is 2.34. The number of hydrogen-bond donors (Lipinski definition) is 0. The van der Waals surface area contributed by atoms with E-state index < -0.39 is 0 Å². The van der Waals surface area contributed by atoms with Crippen molar-refractivity contribution in [2.45, 2.75) is 0 Å². The number of rotatable bonds is 1. The molecule has 0 saturated carbocycles. The van der Waals surface area contributed by atoms with Crippen molar-refractivity contribution in [2.24, 2.45) is 0 Å². The summed E-state index contributed by atoms with van der Waals surface area (Å²) in [7, 11) is 0. The molecule has 0 saturated heterocycles. The molecule has 3 nitrogen and oxygen atoms in total. The largest absolute Gasteiger partial charge is 0.281 e. The van der Waals surface area contributed by atoms with Gasteiger partial charge in [-0.25, -0.2) is 4.98 Å². The van der Waals surface area contributed by atoms with E-state index >= 15 is 0 Å². The highest BCUT2D eigenvalue weighted by Crippen LogP contribution is 2.09. The first-order chi connectivity index (χ1) is 7.16. The smallest absolute Gasteiger partial charge is 0.255 e. The van der Waals surface area contributed by atoms with Gasteiger partial charge in [0.1, 0.15) is 3.70 Å². The third-order valence-corrected chi connectivity index (χ3v) is 2.73. The molecule has 2 aromatic rings. The Bertz CT molecular complexity index is 536. The number of aromatic nitrogens is 2. The van der Waals surface area contributed by atoms with Crippen LogP contribution in [-0.2, 0) is 0 Å². The highest BCUT2D eigenvalue weighted by Gasteiger charge is 2.00. The number of hydrogen-bond acceptors (Lipinski definition) is 2. The van der Waals surface area contributed by atoms with Crippen LogP contribution in [0.2, 0.25) is 5.02 Å². The maximum absolute atomic E-state index is 11.5. The van der Waals surface area contributed by atoms with Crippen molar-refractivity contribution < 1.29 is 0 Å². The third kappa shape index (κ3) is 2.38. The molecule has 0 aromatic carbocycles. The topological polar surface area (TPSA) is 34.9 Å². The molecule has 0 fully saturated rings. The molecule has 2 rings (SSSR count). The zero-order valence-corrected chi connectivity index (χ0v) is 10.4. The molecule has 2 heterocycles. The van der Waals surface area contributed by atoms with Gasteiger partial charge in [0.25, 0.3) is 5.56 Å². The maximum Gasteiger partial charge on any atom is 0.255 e. The zero-order chi connectivity index (χ0) is 10.8. The normalized spacial score (nSPS) is 10.3. The van der Waals surface area contributed by atoms with Gasteiger partial charge in [-0.2, -0.15) is 0 Å². The minimum absolute atomic E-state index is 0.123. The molecule has 0 aliphatic rings. The van der Waals surface area contributed by atoms with Crippen LogP contribution in [0.1, 0.15) is 0 Å². The number of nitrogens with zero attached hydrogens (tertiary/aromatic N) is 2. The lowest BCUT2D eigenvalue weighted by Gasteiger charge is -2.04. The van der Waals surface area contributed by atoms with Crippen LogP contribution in [-0.4, -0.2) is 9.55 Å². The second kappa shape index (κ2) is 4.32. The molecule has 5 heteroatoms. The summed E-state index contributed by atoms with van der Waals surface area (Å²) in [6, 6.07) is 6.66. The lowest BCUT2D eigenvalue weighted by Crippen LogP contribution is -2.16. The molecule has 0 N–H and O–H groups in total. The van der Waals surface area contributed by atoms with E-state index in [0.717, 1.165) is 3.70 Å². The average molecular weight is 333 g/mol. The minimum atomic E-state index is -0.123. The average Bonchev–Trinajstić information content (AvgIpc) is 2.23. The highest BCUT2D eigenvalue weighted by atomic mass is 127. The van der Waals surface area contributed by atoms with Crippen molar-refractivity contribution >= 4 is 34.2 Å². The van der Waals surface area contributed by atoms with Crippen LogP contribution in [0.15, 0.2) is 41.5 Å². The standard InChI is InChI=1S/C10H6ClIN2O/c11-7-1-4-10(15)14(6-7)8-2-3-9(12)13-5-8/h1-6H. The Morgan fingerprint density at radius 2 is 2.07 bits per heavy atom. The van der Waals surface area contributed by atoms with Gasteiger partial charge in [0.15, 0.2) is 0 Å². The Balaban J connectivity index is 2.58. The van der Waals surface area contributed by atoms with Crippen molar-refractivity contribution in [2.75, 3.05) is 0 Å². The molecule has 0 aliphatic heterocycles. The van der Waals surface area contributed by atoms with Crippen molar-refractivity contribution in [1.29, 1.82) is 0 Å². The monoisotopic (exact) mass is 332 g/mol. The van der Waals surface area contributed by atoms with E-state index in [2.05, 4.69) is 27.6 Å². The first kappa shape index (κ1) is 10.6. The predicted molar refractivity (Wildman–Crippen MR) is 67.6 cm³/mol. The number of pyridine rings is 2. The molecular weight excluding hydrogens is 326 g/mol. The van der Waals surface area contributed by atoms with Crippen molar-refractivity contribution in [3.05, 3.63) is 55.7 Å². The maximum atomic E-state index is 11.5. The summed E-state index contributed by atoms with van der Waals surface area (Å²) in [4.78, 5) is 15.6. The van der Waals surface area contributed by atoms with Crippen LogP contribution in [0.25, 0.3) is 5.69 Å². The van der Waals surface area contributed by atoms with E-state index in [-0.39, 0.29) is 5.56 Å². The molecule has 0 unspecified atom stereocenters. The number of halogens is 2. The van der Waals surface area contributed by atoms with E-state index in [9.17, 15) is 4.79 Å². The van der Waals surface area contributed by atoms with E-state index in [0.29, 0.717) is 10.7 Å². The second-order valence-corrected chi connectivity index (χ2v) is 4.44. The fraction of sp³-hybridized carbons (Fsp3) is 0. The van der Waals surface area contributed by atoms with Gasteiger partial charge >= 0.3 is 0 Å². The van der Waals surface area contributed by atoms with E-state index in [1.54, 1.807) is 18.5 Å². The summed E-state index contributed by atoms with van der Waals surface area (Å²) in [5.74, 6) is 0. The molecule has 2 aromatic heterocycles. The van der Waals surface area contributed by atoms with Gasteiger partial charge in [-0.1, -0.05) is 11.6 Å². The highest BCUT2D eigenvalue weighted by molar-refractivity contribution is 14.1. The van der Waals surface area contributed by atoms with Crippen LogP contribution < -0.4 is 5.56 Å². The van der Waals surface area contributed by atoms with Crippen LogP contribution in [0.4, 0.5) is 0 Å². The quantitative estimate of drug-likeness (QED) is 0.594. The molecule has 76 valence electrons. The molecule has 0 atom stereocenters. The van der Waals surface area contributed by atoms with Gasteiger partial charge in [-0.15, -0.1) is 0 Å². The van der Waals surface area contributed by atoms with Crippen molar-refractivity contribution in [3.63, 3.8) is 0 Å². The first-order valence-electron chi connectivity index (χ1n) is 4.17. The van der Waals surface area contributed by atoms with Gasteiger partial charge in [0.2, 0.25) is 0 Å². The zero-order valence-electron chi connectivity index (χ0n) is 7.52. The van der Waals surface area contributed by atoms with Crippen LogP contribution >= 0.6 is 34.2 Å². The molecule has 0 spiro atoms. The lowest BCUT2D eigenvalue weighted by atomic mass is 10.4. The second-order valence-electron chi connectivity index (χ2n) is 2.89. The Hall–Kier alpha value is -0.880. The molecule has 0 aliphatic carbocycles. The van der Waals surface area contributed by atoms with E-state index in [1.807, 2.05) is 12.1 Å². The summed E-state index contributed by atoms with van der Waals surface area (Å²) in [6.45, 7) is 0. The summed E-state index contributed by atoms with van der Waals surface area (Å²) in [6.07, 6.45) is 3.22. The lowest BCUT2D eigenvalue weighted by molar-refractivity contribution is 0.975. The fourth-order valence-corrected chi connectivity index (χ4v) is 1.65. The third-order valence-electron chi connectivity index (χ3n) is 1.86. The van der Waals surface area contributed by atoms with Gasteiger partial charge in [-0.05, 0) is 40.8 Å². The molecule has 0 radical (unpaired) electrons. The summed E-state index contributed by atoms with van der Waals surface area (Å²) >= 11 is 7.92. The van der Waals surface area contributed by atoms with Crippen LogP contribution in [0.5, 0.6) is 0 Å². The van der Waals surface area contributed by atoms with Crippen molar-refractivity contribution in [1.82, 2.24) is 9.55 Å². The van der Waals surface area contributed by atoms with Gasteiger partial charge in [0.05, 0.1) is 16.9 Å². The Morgan fingerprint density at radius 1 is 1.27 bits per heavy atom. The Kier molecular flexibility index (Phi) is 3.06. The Morgan fingerprint density at radius 3 is 2.73 bits per heavy atom. The van der Waals surface area contributed by atoms with Gasteiger partial charge in [0, 0.05) is 12.3 Å². The predicted octanol–water partition coefficient (Wildman–Crippen LogP) is 2.49. The van der Waals surface area contributed by atoms with E-state index in [4.69, 9.17) is 11.6 Å². The summed E-state index contributed by atoms with van der Waals surface area (Å²) in [5.41, 5.74) is 0.588. The molecular formula is C10H6ClIN2O. The van der Waals surface area contributed by atoms with Crippen LogP contribution in [0.3, 0.4) is 0 Å². The summed E-state index contributed by atoms with van der Waals surface area (Å²) in [5, 5.41) is 0.521. The van der Waals surface area contributed by atoms with Crippen LogP contribution in [0, 0.1) is 3.70 Å². The Labute approximate surface area is 105 Å².